The van der Waals surface area contributed by atoms with Crippen molar-refractivity contribution in [3.05, 3.63) is 58.7 Å². The van der Waals surface area contributed by atoms with Crippen molar-refractivity contribution >= 4 is 23.6 Å². The van der Waals surface area contributed by atoms with E-state index >= 15 is 0 Å². The van der Waals surface area contributed by atoms with Gasteiger partial charge >= 0.3 is 6.09 Å². The lowest BCUT2D eigenvalue weighted by Crippen LogP contribution is -2.55. The second-order valence-electron chi connectivity index (χ2n) is 12.0. The summed E-state index contributed by atoms with van der Waals surface area (Å²) in [5.74, 6) is -0.855. The number of anilines is 1. The lowest BCUT2D eigenvalue weighted by atomic mass is 9.95. The van der Waals surface area contributed by atoms with Crippen molar-refractivity contribution in [3.63, 3.8) is 0 Å². The van der Waals surface area contributed by atoms with Crippen molar-refractivity contribution in [2.24, 2.45) is 5.92 Å². The third-order valence-electron chi connectivity index (χ3n) is 6.84. The molecule has 0 heterocycles. The molecule has 0 fully saturated rings. The normalized spacial score (nSPS) is 13.8. The van der Waals surface area contributed by atoms with E-state index in [1.807, 2.05) is 59.7 Å². The maximum Gasteiger partial charge on any atom is 0.408 e. The second-order valence-corrected chi connectivity index (χ2v) is 12.0. The quantitative estimate of drug-likeness (QED) is 0.309. The number of amides is 3. The van der Waals surface area contributed by atoms with Gasteiger partial charge in [0, 0.05) is 17.3 Å². The van der Waals surface area contributed by atoms with Crippen LogP contribution in [-0.4, -0.2) is 45.6 Å². The van der Waals surface area contributed by atoms with Gasteiger partial charge in [-0.3, -0.25) is 9.59 Å². The highest BCUT2D eigenvalue weighted by Gasteiger charge is 2.40. The summed E-state index contributed by atoms with van der Waals surface area (Å²) in [5.41, 5.74) is 2.58. The molecule has 3 atom stereocenters. The van der Waals surface area contributed by atoms with E-state index in [1.165, 1.54) is 4.90 Å². The molecule has 0 aliphatic rings. The molecule has 2 aromatic carbocycles. The summed E-state index contributed by atoms with van der Waals surface area (Å²) in [5, 5.41) is 16.9. The van der Waals surface area contributed by atoms with Gasteiger partial charge in [0.2, 0.25) is 5.91 Å². The molecule has 0 aliphatic carbocycles. The molecule has 0 aromatic heterocycles. The van der Waals surface area contributed by atoms with Crippen LogP contribution < -0.4 is 10.6 Å². The zero-order valence-electron chi connectivity index (χ0n) is 25.7. The van der Waals surface area contributed by atoms with Gasteiger partial charge in [-0.25, -0.2) is 4.79 Å². The average Bonchev–Trinajstić information content (AvgIpc) is 2.84. The fourth-order valence-corrected chi connectivity index (χ4v) is 4.64. The van der Waals surface area contributed by atoms with Gasteiger partial charge in [0.1, 0.15) is 23.4 Å². The van der Waals surface area contributed by atoms with Crippen LogP contribution in [0.25, 0.3) is 0 Å². The molecule has 0 radical (unpaired) electrons. The third kappa shape index (κ3) is 8.47. The van der Waals surface area contributed by atoms with Crippen LogP contribution >= 0.6 is 0 Å². The average molecular weight is 554 g/mol. The molecule has 8 heteroatoms. The first kappa shape index (κ1) is 32.7. The van der Waals surface area contributed by atoms with Crippen molar-refractivity contribution in [2.75, 3.05) is 5.32 Å². The standard InChI is InChI=1S/C32H47N3O5/c1-11-23(7)35(30(38)25(18-19(2)3)33-31(39)40-32(8,9)10)27(24-17-13-16-22(6)28(24)36)29(37)34-26-20(4)14-12-15-21(26)5/h12-17,19,23,25,27,36H,11,18H2,1-10H3,(H,33,39)(H,34,37). The molecule has 2 aromatic rings. The van der Waals surface area contributed by atoms with Crippen LogP contribution in [-0.2, 0) is 14.3 Å². The molecule has 3 N–H and O–H groups in total. The lowest BCUT2D eigenvalue weighted by molar-refractivity contribution is -0.143. The molecule has 2 rings (SSSR count). The van der Waals surface area contributed by atoms with E-state index in [4.69, 9.17) is 4.74 Å². The number of ether oxygens (including phenoxy) is 1. The maximum atomic E-state index is 14.4. The Kier molecular flexibility index (Phi) is 11.2. The minimum absolute atomic E-state index is 0.0502. The molecule has 40 heavy (non-hydrogen) atoms. The lowest BCUT2D eigenvalue weighted by Gasteiger charge is -2.39. The molecule has 0 bridgehead atoms. The number of alkyl carbamates (subject to hydrolysis) is 1. The molecular weight excluding hydrogens is 506 g/mol. The topological polar surface area (TPSA) is 108 Å². The van der Waals surface area contributed by atoms with Crippen LogP contribution in [0.3, 0.4) is 0 Å². The SMILES string of the molecule is CCC(C)N(C(=O)C(CC(C)C)NC(=O)OC(C)(C)C)C(C(=O)Nc1c(C)cccc1C)c1cccc(C)c1O. The summed E-state index contributed by atoms with van der Waals surface area (Å²) < 4.78 is 5.46. The number of para-hydroxylation sites is 2. The molecule has 0 spiro atoms. The number of rotatable bonds is 10. The fraction of sp³-hybridized carbons (Fsp3) is 0.531. The molecular formula is C32H47N3O5. The molecule has 0 aliphatic heterocycles. The number of nitrogens with zero attached hydrogens (tertiary/aromatic N) is 1. The van der Waals surface area contributed by atoms with Crippen LogP contribution in [0.2, 0.25) is 0 Å². The monoisotopic (exact) mass is 553 g/mol. The Labute approximate surface area is 239 Å². The highest BCUT2D eigenvalue weighted by Crippen LogP contribution is 2.35. The van der Waals surface area contributed by atoms with Crippen molar-refractivity contribution in [2.45, 2.75) is 106 Å². The predicted molar refractivity (Wildman–Crippen MR) is 159 cm³/mol. The molecule has 3 unspecified atom stereocenters. The Morgan fingerprint density at radius 3 is 2.02 bits per heavy atom. The summed E-state index contributed by atoms with van der Waals surface area (Å²) in [6, 6.07) is 8.41. The second kappa shape index (κ2) is 13.7. The molecule has 0 saturated carbocycles. The highest BCUT2D eigenvalue weighted by molar-refractivity contribution is 6.00. The Balaban J connectivity index is 2.67. The summed E-state index contributed by atoms with van der Waals surface area (Å²) in [6.45, 7) is 18.5. The van der Waals surface area contributed by atoms with Gasteiger partial charge in [-0.05, 0) is 83.9 Å². The summed E-state index contributed by atoms with van der Waals surface area (Å²) >= 11 is 0. The Morgan fingerprint density at radius 2 is 1.50 bits per heavy atom. The number of hydrogen-bond acceptors (Lipinski definition) is 5. The first-order valence-electron chi connectivity index (χ1n) is 14.0. The van der Waals surface area contributed by atoms with Crippen LogP contribution in [0.15, 0.2) is 36.4 Å². The number of phenolic OH excluding ortho intramolecular Hbond substituents is 1. The van der Waals surface area contributed by atoms with Gasteiger partial charge in [-0.1, -0.05) is 57.2 Å². The predicted octanol–water partition coefficient (Wildman–Crippen LogP) is 6.56. The first-order valence-corrected chi connectivity index (χ1v) is 14.0. The van der Waals surface area contributed by atoms with Crippen LogP contribution in [0.5, 0.6) is 5.75 Å². The maximum absolute atomic E-state index is 14.4. The zero-order chi connectivity index (χ0) is 30.4. The van der Waals surface area contributed by atoms with E-state index in [0.717, 1.165) is 11.1 Å². The number of phenols is 1. The van der Waals surface area contributed by atoms with Gasteiger partial charge in [0.25, 0.3) is 5.91 Å². The Hall–Kier alpha value is -3.55. The van der Waals surface area contributed by atoms with E-state index in [9.17, 15) is 19.5 Å². The van der Waals surface area contributed by atoms with Crippen molar-refractivity contribution in [1.82, 2.24) is 10.2 Å². The Morgan fingerprint density at radius 1 is 0.950 bits per heavy atom. The van der Waals surface area contributed by atoms with Crippen molar-refractivity contribution in [3.8, 4) is 5.75 Å². The molecule has 220 valence electrons. The molecule has 0 saturated heterocycles. The molecule has 8 nitrogen and oxygen atoms in total. The van der Waals surface area contributed by atoms with E-state index < -0.39 is 41.6 Å². The summed E-state index contributed by atoms with van der Waals surface area (Å²) in [7, 11) is 0. The zero-order valence-corrected chi connectivity index (χ0v) is 25.7. The van der Waals surface area contributed by atoms with Crippen LogP contribution in [0.1, 0.15) is 89.6 Å². The first-order chi connectivity index (χ1) is 18.6. The van der Waals surface area contributed by atoms with Crippen molar-refractivity contribution < 1.29 is 24.2 Å². The van der Waals surface area contributed by atoms with Gasteiger partial charge in [-0.15, -0.1) is 0 Å². The van der Waals surface area contributed by atoms with Crippen LogP contribution in [0.4, 0.5) is 10.5 Å². The van der Waals surface area contributed by atoms with E-state index in [1.54, 1.807) is 45.9 Å². The van der Waals surface area contributed by atoms with Crippen LogP contribution in [0, 0.1) is 26.7 Å². The van der Waals surface area contributed by atoms with Crippen molar-refractivity contribution in [1.29, 1.82) is 0 Å². The summed E-state index contributed by atoms with van der Waals surface area (Å²) in [4.78, 5) is 42.8. The minimum Gasteiger partial charge on any atom is -0.507 e. The smallest absolute Gasteiger partial charge is 0.408 e. The van der Waals surface area contributed by atoms with Gasteiger partial charge < -0.3 is 25.4 Å². The minimum atomic E-state index is -1.16. The van der Waals surface area contributed by atoms with E-state index in [2.05, 4.69) is 10.6 Å². The number of benzene rings is 2. The van der Waals surface area contributed by atoms with Gasteiger partial charge in [-0.2, -0.15) is 0 Å². The number of hydrogen-bond donors (Lipinski definition) is 3. The largest absolute Gasteiger partial charge is 0.507 e. The van der Waals surface area contributed by atoms with E-state index in [-0.39, 0.29) is 11.7 Å². The number of carbonyl (C=O) groups excluding carboxylic acids is 3. The third-order valence-corrected chi connectivity index (χ3v) is 6.84. The van der Waals surface area contributed by atoms with Gasteiger partial charge in [0.05, 0.1) is 0 Å². The number of aromatic hydroxyl groups is 1. The Bertz CT molecular complexity index is 1180. The highest BCUT2D eigenvalue weighted by atomic mass is 16.6. The fourth-order valence-electron chi connectivity index (χ4n) is 4.64. The molecule has 3 amide bonds. The number of nitrogens with one attached hydrogen (secondary N) is 2. The van der Waals surface area contributed by atoms with E-state index in [0.29, 0.717) is 29.7 Å². The summed E-state index contributed by atoms with van der Waals surface area (Å²) in [6.07, 6.45) is 0.188. The van der Waals surface area contributed by atoms with Gasteiger partial charge in [0.15, 0.2) is 0 Å². The number of carbonyl (C=O) groups is 3. The number of aryl methyl sites for hydroxylation is 3.